The number of rotatable bonds is 6. The maximum Gasteiger partial charge on any atom is 0.280 e. The molecule has 9 heteroatoms. The third-order valence-electron chi connectivity index (χ3n) is 5.01. The molecule has 0 atom stereocenters. The van der Waals surface area contributed by atoms with Gasteiger partial charge in [-0.05, 0) is 25.5 Å². The van der Waals surface area contributed by atoms with E-state index in [1.165, 1.54) is 17.4 Å². The summed E-state index contributed by atoms with van der Waals surface area (Å²) >= 11 is 1.33. The number of fused-ring (bicyclic) bond motifs is 1. The van der Waals surface area contributed by atoms with Gasteiger partial charge in [-0.25, -0.2) is 9.37 Å². The largest absolute Gasteiger partial charge is 0.379 e. The van der Waals surface area contributed by atoms with E-state index in [2.05, 4.69) is 15.0 Å². The second-order valence-electron chi connectivity index (χ2n) is 7.18. The van der Waals surface area contributed by atoms with Crippen molar-refractivity contribution in [2.24, 2.45) is 7.05 Å². The van der Waals surface area contributed by atoms with E-state index in [1.54, 1.807) is 22.7 Å². The molecule has 0 N–H and O–H groups in total. The van der Waals surface area contributed by atoms with E-state index in [1.807, 2.05) is 19.2 Å². The van der Waals surface area contributed by atoms with E-state index in [4.69, 9.17) is 4.74 Å². The molecule has 2 aromatic heterocycles. The molecule has 4 rings (SSSR count). The van der Waals surface area contributed by atoms with Crippen molar-refractivity contribution in [2.75, 3.05) is 44.3 Å². The van der Waals surface area contributed by atoms with E-state index < -0.39 is 0 Å². The number of para-hydroxylation sites is 1. The first kappa shape index (κ1) is 19.9. The summed E-state index contributed by atoms with van der Waals surface area (Å²) in [7, 11) is 1.79. The van der Waals surface area contributed by atoms with Crippen molar-refractivity contribution in [1.29, 1.82) is 0 Å². The van der Waals surface area contributed by atoms with E-state index >= 15 is 0 Å². The maximum absolute atomic E-state index is 14.2. The lowest BCUT2D eigenvalue weighted by molar-refractivity contribution is 0.0376. The molecule has 0 radical (unpaired) electrons. The van der Waals surface area contributed by atoms with Gasteiger partial charge in [0, 0.05) is 45.0 Å². The van der Waals surface area contributed by atoms with Gasteiger partial charge in [0.15, 0.2) is 10.8 Å². The summed E-state index contributed by atoms with van der Waals surface area (Å²) in [6.07, 6.45) is 2.60. The Balaban J connectivity index is 1.59. The zero-order chi connectivity index (χ0) is 20.4. The Hall–Kier alpha value is -2.36. The second kappa shape index (κ2) is 8.56. The lowest BCUT2D eigenvalue weighted by Gasteiger charge is -2.27. The molecule has 7 nitrogen and oxygen atoms in total. The van der Waals surface area contributed by atoms with E-state index in [0.29, 0.717) is 22.9 Å². The molecule has 1 amide bonds. The van der Waals surface area contributed by atoms with Crippen molar-refractivity contribution in [2.45, 2.75) is 13.3 Å². The van der Waals surface area contributed by atoms with Gasteiger partial charge < -0.3 is 4.74 Å². The highest BCUT2D eigenvalue weighted by molar-refractivity contribution is 7.22. The number of hydrogen-bond donors (Lipinski definition) is 0. The van der Waals surface area contributed by atoms with Crippen LogP contribution in [0.2, 0.25) is 0 Å². The number of ether oxygens (including phenoxy) is 1. The highest BCUT2D eigenvalue weighted by Gasteiger charge is 2.25. The highest BCUT2D eigenvalue weighted by Crippen LogP contribution is 2.31. The lowest BCUT2D eigenvalue weighted by atomic mass is 10.2. The van der Waals surface area contributed by atoms with Gasteiger partial charge in [0.1, 0.15) is 11.3 Å². The highest BCUT2D eigenvalue weighted by atomic mass is 32.1. The van der Waals surface area contributed by atoms with Crippen LogP contribution in [0, 0.1) is 12.7 Å². The predicted molar refractivity (Wildman–Crippen MR) is 111 cm³/mol. The Labute approximate surface area is 172 Å². The van der Waals surface area contributed by atoms with Crippen molar-refractivity contribution in [3.8, 4) is 0 Å². The molecule has 3 heterocycles. The number of aromatic nitrogens is 3. The number of carbonyl (C=O) groups excluding carboxylic acids is 1. The van der Waals surface area contributed by atoms with Crippen LogP contribution in [0.1, 0.15) is 22.5 Å². The molecule has 1 aliphatic rings. The summed E-state index contributed by atoms with van der Waals surface area (Å²) < 4.78 is 21.9. The molecule has 0 bridgehead atoms. The van der Waals surface area contributed by atoms with Crippen molar-refractivity contribution in [3.05, 3.63) is 41.5 Å². The van der Waals surface area contributed by atoms with Gasteiger partial charge in [-0.2, -0.15) is 5.10 Å². The minimum atomic E-state index is -0.375. The number of nitrogens with zero attached hydrogens (tertiary/aromatic N) is 5. The van der Waals surface area contributed by atoms with E-state index in [0.717, 1.165) is 49.5 Å². The normalized spacial score (nSPS) is 15.1. The van der Waals surface area contributed by atoms with Crippen molar-refractivity contribution in [1.82, 2.24) is 19.7 Å². The van der Waals surface area contributed by atoms with Crippen LogP contribution in [0.25, 0.3) is 10.2 Å². The standard InChI is InChI=1S/C20H24FN5O2S/c1-14-13-24(2)23-17(14)19(27)26(8-4-7-25-9-11-28-12-10-25)20-22-18-15(21)5-3-6-16(18)29-20/h3,5-6,13H,4,7-12H2,1-2H3. The van der Waals surface area contributed by atoms with Gasteiger partial charge in [-0.15, -0.1) is 0 Å². The third-order valence-corrected chi connectivity index (χ3v) is 6.05. The Bertz CT molecular complexity index is 1010. The van der Waals surface area contributed by atoms with Crippen LogP contribution in [0.15, 0.2) is 24.4 Å². The number of aryl methyl sites for hydroxylation is 2. The lowest BCUT2D eigenvalue weighted by Crippen LogP contribution is -2.39. The van der Waals surface area contributed by atoms with Crippen LogP contribution < -0.4 is 4.90 Å². The molecule has 1 fully saturated rings. The van der Waals surface area contributed by atoms with Gasteiger partial charge in [0.2, 0.25) is 0 Å². The van der Waals surface area contributed by atoms with Crippen LogP contribution >= 0.6 is 11.3 Å². The maximum atomic E-state index is 14.2. The SMILES string of the molecule is Cc1cn(C)nc1C(=O)N(CCCN1CCOCC1)c1nc2c(F)cccc2s1. The topological polar surface area (TPSA) is 63.5 Å². The number of carbonyl (C=O) groups is 1. The first-order chi connectivity index (χ1) is 14.0. The summed E-state index contributed by atoms with van der Waals surface area (Å²) in [4.78, 5) is 21.7. The molecular formula is C20H24FN5O2S. The summed E-state index contributed by atoms with van der Waals surface area (Å²) in [5, 5.41) is 4.83. The van der Waals surface area contributed by atoms with Gasteiger partial charge in [0.25, 0.3) is 5.91 Å². The fraction of sp³-hybridized carbons (Fsp3) is 0.450. The van der Waals surface area contributed by atoms with Gasteiger partial charge in [-0.3, -0.25) is 19.3 Å². The number of thiazole rings is 1. The van der Waals surface area contributed by atoms with Crippen molar-refractivity contribution >= 4 is 32.6 Å². The Morgan fingerprint density at radius 3 is 2.83 bits per heavy atom. The summed E-state index contributed by atoms with van der Waals surface area (Å²) in [6, 6.07) is 4.87. The Morgan fingerprint density at radius 2 is 2.14 bits per heavy atom. The van der Waals surface area contributed by atoms with Crippen molar-refractivity contribution < 1.29 is 13.9 Å². The molecular weight excluding hydrogens is 393 g/mol. The minimum absolute atomic E-state index is 0.204. The average Bonchev–Trinajstić information content (AvgIpc) is 3.29. The van der Waals surface area contributed by atoms with Crippen LogP contribution in [-0.4, -0.2) is 65.0 Å². The predicted octanol–water partition coefficient (Wildman–Crippen LogP) is 2.85. The number of morpholine rings is 1. The molecule has 154 valence electrons. The van der Waals surface area contributed by atoms with Crippen LogP contribution in [0.5, 0.6) is 0 Å². The molecule has 3 aromatic rings. The smallest absolute Gasteiger partial charge is 0.280 e. The number of halogens is 1. The van der Waals surface area contributed by atoms with Crippen LogP contribution in [0.3, 0.4) is 0 Å². The van der Waals surface area contributed by atoms with Crippen LogP contribution in [0.4, 0.5) is 9.52 Å². The molecule has 0 aliphatic carbocycles. The minimum Gasteiger partial charge on any atom is -0.379 e. The monoisotopic (exact) mass is 417 g/mol. The summed E-state index contributed by atoms with van der Waals surface area (Å²) in [5.74, 6) is -0.579. The van der Waals surface area contributed by atoms with Crippen LogP contribution in [-0.2, 0) is 11.8 Å². The number of hydrogen-bond acceptors (Lipinski definition) is 6. The molecule has 1 aromatic carbocycles. The number of benzene rings is 1. The summed E-state index contributed by atoms with van der Waals surface area (Å²) in [5.41, 5.74) is 1.51. The zero-order valence-corrected chi connectivity index (χ0v) is 17.4. The first-order valence-corrected chi connectivity index (χ1v) is 10.5. The second-order valence-corrected chi connectivity index (χ2v) is 8.19. The number of anilines is 1. The molecule has 1 aliphatic heterocycles. The Kier molecular flexibility index (Phi) is 5.89. The molecule has 1 saturated heterocycles. The average molecular weight is 418 g/mol. The molecule has 0 spiro atoms. The van der Waals surface area contributed by atoms with Gasteiger partial charge in [0.05, 0.1) is 17.9 Å². The van der Waals surface area contributed by atoms with E-state index in [9.17, 15) is 9.18 Å². The van der Waals surface area contributed by atoms with Crippen molar-refractivity contribution in [3.63, 3.8) is 0 Å². The first-order valence-electron chi connectivity index (χ1n) is 9.70. The molecule has 29 heavy (non-hydrogen) atoms. The zero-order valence-electron chi connectivity index (χ0n) is 16.6. The summed E-state index contributed by atoms with van der Waals surface area (Å²) in [6.45, 7) is 6.52. The van der Waals surface area contributed by atoms with E-state index in [-0.39, 0.29) is 11.7 Å². The molecule has 0 saturated carbocycles. The Morgan fingerprint density at radius 1 is 1.34 bits per heavy atom. The molecule has 0 unspecified atom stereocenters. The van der Waals surface area contributed by atoms with Gasteiger partial charge >= 0.3 is 0 Å². The third kappa shape index (κ3) is 4.31. The fourth-order valence-electron chi connectivity index (χ4n) is 3.53. The van der Waals surface area contributed by atoms with Gasteiger partial charge in [-0.1, -0.05) is 17.4 Å². The fourth-order valence-corrected chi connectivity index (χ4v) is 4.53. The number of amides is 1. The quantitative estimate of drug-likeness (QED) is 0.617.